The van der Waals surface area contributed by atoms with Gasteiger partial charge >= 0.3 is 6.09 Å². The molecule has 0 aliphatic carbocycles. The largest absolute Gasteiger partial charge is 0.444 e. The smallest absolute Gasteiger partial charge is 0.410 e. The lowest BCUT2D eigenvalue weighted by Gasteiger charge is -2.37. The molecule has 9 heteroatoms. The Kier molecular flexibility index (Phi) is 7.24. The summed E-state index contributed by atoms with van der Waals surface area (Å²) in [6.07, 6.45) is 3.98. The minimum Gasteiger partial charge on any atom is -0.444 e. The first-order valence-corrected chi connectivity index (χ1v) is 13.1. The molecule has 0 spiro atoms. The number of nitrogen functional groups attached to an aromatic ring is 1. The van der Waals surface area contributed by atoms with Gasteiger partial charge < -0.3 is 25.4 Å². The van der Waals surface area contributed by atoms with Crippen molar-refractivity contribution < 1.29 is 14.3 Å². The van der Waals surface area contributed by atoms with Gasteiger partial charge in [0.05, 0.1) is 11.3 Å². The van der Waals surface area contributed by atoms with Gasteiger partial charge in [0.15, 0.2) is 0 Å². The minimum atomic E-state index is -0.541. The van der Waals surface area contributed by atoms with Crippen molar-refractivity contribution in [2.75, 3.05) is 24.1 Å². The van der Waals surface area contributed by atoms with Crippen LogP contribution in [0.2, 0.25) is 0 Å². The van der Waals surface area contributed by atoms with Crippen molar-refractivity contribution in [3.8, 4) is 22.9 Å². The quantitative estimate of drug-likeness (QED) is 0.299. The van der Waals surface area contributed by atoms with Gasteiger partial charge in [-0.1, -0.05) is 31.2 Å². The summed E-state index contributed by atoms with van der Waals surface area (Å²) in [5.41, 5.74) is 7.72. The van der Waals surface area contributed by atoms with Crippen LogP contribution in [0.3, 0.4) is 0 Å². The number of ether oxygens (including phenoxy) is 2. The van der Waals surface area contributed by atoms with Crippen molar-refractivity contribution >= 4 is 28.5 Å². The molecule has 2 aromatic carbocycles. The van der Waals surface area contributed by atoms with E-state index >= 15 is 0 Å². The number of carbonyl (C=O) groups is 1. The van der Waals surface area contributed by atoms with Crippen LogP contribution in [0.5, 0.6) is 11.6 Å². The van der Waals surface area contributed by atoms with E-state index in [0.717, 1.165) is 22.8 Å². The molecular weight excluding hydrogens is 492 g/mol. The minimum absolute atomic E-state index is 0.0118. The van der Waals surface area contributed by atoms with E-state index in [1.165, 1.54) is 0 Å². The molecule has 5 rings (SSSR count). The number of nitrogens with zero attached hydrogens (tertiary/aromatic N) is 4. The number of nitrogens with two attached hydrogens (primary N) is 1. The normalized spacial score (nSPS) is 17.6. The molecule has 1 saturated heterocycles. The van der Waals surface area contributed by atoms with Gasteiger partial charge in [-0.3, -0.25) is 0 Å². The Morgan fingerprint density at radius 3 is 2.59 bits per heavy atom. The van der Waals surface area contributed by atoms with Crippen LogP contribution in [0.4, 0.5) is 16.4 Å². The van der Waals surface area contributed by atoms with Gasteiger partial charge in [0.1, 0.15) is 11.4 Å². The third-order valence-electron chi connectivity index (χ3n) is 6.47. The second kappa shape index (κ2) is 10.8. The maximum atomic E-state index is 12.7. The summed E-state index contributed by atoms with van der Waals surface area (Å²) in [5, 5.41) is 5.24. The van der Waals surface area contributed by atoms with Crippen LogP contribution in [0.15, 0.2) is 67.0 Å². The zero-order chi connectivity index (χ0) is 27.6. The van der Waals surface area contributed by atoms with Gasteiger partial charge in [0.25, 0.3) is 0 Å². The van der Waals surface area contributed by atoms with Crippen molar-refractivity contribution in [1.82, 2.24) is 19.9 Å². The van der Waals surface area contributed by atoms with Gasteiger partial charge in [-0.25, -0.2) is 19.7 Å². The van der Waals surface area contributed by atoms with Gasteiger partial charge in [-0.2, -0.15) is 0 Å². The van der Waals surface area contributed by atoms with E-state index in [9.17, 15) is 4.79 Å². The van der Waals surface area contributed by atoms with Gasteiger partial charge in [0.2, 0.25) is 11.8 Å². The van der Waals surface area contributed by atoms with Gasteiger partial charge in [-0.15, -0.1) is 0 Å². The van der Waals surface area contributed by atoms with E-state index in [4.69, 9.17) is 20.2 Å². The molecule has 0 unspecified atom stereocenters. The summed E-state index contributed by atoms with van der Waals surface area (Å²) in [5.74, 6) is 1.87. The van der Waals surface area contributed by atoms with E-state index in [-0.39, 0.29) is 12.1 Å². The zero-order valence-corrected chi connectivity index (χ0v) is 22.7. The number of fused-ring (bicyclic) bond motifs is 1. The van der Waals surface area contributed by atoms with E-state index in [1.807, 2.05) is 75.4 Å². The fourth-order valence-corrected chi connectivity index (χ4v) is 4.85. The molecule has 39 heavy (non-hydrogen) atoms. The monoisotopic (exact) mass is 526 g/mol. The van der Waals surface area contributed by atoms with E-state index in [0.29, 0.717) is 48.0 Å². The summed E-state index contributed by atoms with van der Waals surface area (Å²) < 4.78 is 11.9. The lowest BCUT2D eigenvalue weighted by molar-refractivity contribution is 0.0162. The summed E-state index contributed by atoms with van der Waals surface area (Å²) in [6, 6.07) is 17.1. The van der Waals surface area contributed by atoms with Crippen molar-refractivity contribution in [1.29, 1.82) is 0 Å². The Morgan fingerprint density at radius 1 is 1.00 bits per heavy atom. The number of hydrogen-bond donors (Lipinski definition) is 2. The highest BCUT2D eigenvalue weighted by Crippen LogP contribution is 2.36. The first-order chi connectivity index (χ1) is 18.7. The molecule has 3 N–H and O–H groups in total. The third kappa shape index (κ3) is 6.19. The first kappa shape index (κ1) is 26.2. The number of likely N-dealkylation sites (tertiary alicyclic amines) is 1. The highest BCUT2D eigenvalue weighted by molar-refractivity contribution is 5.97. The molecule has 4 aromatic rings. The molecule has 0 bridgehead atoms. The van der Waals surface area contributed by atoms with Crippen LogP contribution < -0.4 is 15.8 Å². The molecule has 1 fully saturated rings. The van der Waals surface area contributed by atoms with Crippen molar-refractivity contribution in [2.24, 2.45) is 5.92 Å². The summed E-state index contributed by atoms with van der Waals surface area (Å²) in [6.45, 7) is 8.92. The predicted molar refractivity (Wildman–Crippen MR) is 153 cm³/mol. The molecule has 1 aliphatic rings. The highest BCUT2D eigenvalue weighted by Gasteiger charge is 2.31. The first-order valence-electron chi connectivity index (χ1n) is 13.1. The Labute approximate surface area is 228 Å². The lowest BCUT2D eigenvalue weighted by Crippen LogP contribution is -2.49. The Hall–Kier alpha value is -4.40. The molecule has 0 saturated carbocycles. The molecular formula is C30H34N6O3. The average Bonchev–Trinajstić information content (AvgIpc) is 2.90. The van der Waals surface area contributed by atoms with Gasteiger partial charge in [0, 0.05) is 48.0 Å². The van der Waals surface area contributed by atoms with Gasteiger partial charge in [-0.05, 0) is 63.4 Å². The Bertz CT molecular complexity index is 1490. The lowest BCUT2D eigenvalue weighted by atomic mass is 9.96. The fourth-order valence-electron chi connectivity index (χ4n) is 4.85. The van der Waals surface area contributed by atoms with Crippen molar-refractivity contribution in [3.05, 3.63) is 67.0 Å². The number of piperidine rings is 1. The predicted octanol–water partition coefficient (Wildman–Crippen LogP) is 6.12. The highest BCUT2D eigenvalue weighted by atomic mass is 16.6. The number of nitrogens with one attached hydrogen (secondary N) is 1. The van der Waals surface area contributed by atoms with Crippen LogP contribution in [0.1, 0.15) is 34.1 Å². The molecule has 3 heterocycles. The number of rotatable bonds is 5. The average molecular weight is 527 g/mol. The molecule has 9 nitrogen and oxygen atoms in total. The fraction of sp³-hybridized carbons (Fsp3) is 0.333. The number of carbonyl (C=O) groups excluding carboxylic acids is 1. The summed E-state index contributed by atoms with van der Waals surface area (Å²) in [7, 11) is 0. The molecule has 0 radical (unpaired) electrons. The Balaban J connectivity index is 1.37. The van der Waals surface area contributed by atoms with Crippen LogP contribution in [-0.4, -0.2) is 50.7 Å². The molecule has 2 atom stereocenters. The second-order valence-corrected chi connectivity index (χ2v) is 11.0. The number of hydrogen-bond acceptors (Lipinski definition) is 8. The summed E-state index contributed by atoms with van der Waals surface area (Å²) in [4.78, 5) is 28.2. The van der Waals surface area contributed by atoms with E-state index in [2.05, 4.69) is 22.2 Å². The number of pyridine rings is 1. The second-order valence-electron chi connectivity index (χ2n) is 11.0. The SMILES string of the molecule is C[C@@H]1C[C@H](Nc2nccc(-c3cccnc3Oc3ccc(N)c4ccccc34)n2)CN(C(=O)OC(C)(C)C)C1. The molecule has 202 valence electrons. The Morgan fingerprint density at radius 2 is 1.79 bits per heavy atom. The zero-order valence-electron chi connectivity index (χ0n) is 22.7. The molecule has 2 aromatic heterocycles. The van der Waals surface area contributed by atoms with Crippen LogP contribution >= 0.6 is 0 Å². The molecule has 1 aliphatic heterocycles. The number of amides is 1. The van der Waals surface area contributed by atoms with E-state index in [1.54, 1.807) is 17.3 Å². The third-order valence-corrected chi connectivity index (χ3v) is 6.47. The van der Waals surface area contributed by atoms with Crippen LogP contribution in [0, 0.1) is 5.92 Å². The molecule has 1 amide bonds. The van der Waals surface area contributed by atoms with Crippen molar-refractivity contribution in [2.45, 2.75) is 45.8 Å². The maximum absolute atomic E-state index is 12.7. The number of aromatic nitrogens is 3. The van der Waals surface area contributed by atoms with Crippen LogP contribution in [-0.2, 0) is 4.74 Å². The number of benzene rings is 2. The van der Waals surface area contributed by atoms with Crippen molar-refractivity contribution in [3.63, 3.8) is 0 Å². The summed E-state index contributed by atoms with van der Waals surface area (Å²) >= 11 is 0. The topological polar surface area (TPSA) is 115 Å². The maximum Gasteiger partial charge on any atom is 0.410 e. The standard InChI is InChI=1S/C30H34N6O3/c1-19-16-20(18-36(17-19)29(37)39-30(2,3)4)34-28-33-15-13-25(35-28)23-10-7-14-32-27(23)38-26-12-11-24(31)21-8-5-6-9-22(21)26/h5-15,19-20H,16-18,31H2,1-4H3,(H,33,34,35)/t19-,20+/m1/s1. The van der Waals surface area contributed by atoms with E-state index < -0.39 is 5.60 Å². The number of anilines is 2. The van der Waals surface area contributed by atoms with Crippen LogP contribution in [0.25, 0.3) is 22.0 Å².